The van der Waals surface area contributed by atoms with E-state index >= 15 is 0 Å². The number of carbonyl (C=O) groups excluding carboxylic acids is 5. The van der Waals surface area contributed by atoms with Crippen molar-refractivity contribution in [2.75, 3.05) is 13.2 Å². The Balaban J connectivity index is 1.52. The fraction of sp³-hybridized carbons (Fsp3) is 0.367. The summed E-state index contributed by atoms with van der Waals surface area (Å²) in [5.41, 5.74) is 1.45. The minimum atomic E-state index is -1.17. The zero-order chi connectivity index (χ0) is 28.8. The van der Waals surface area contributed by atoms with Gasteiger partial charge in [0.15, 0.2) is 17.3 Å². The number of imide groups is 1. The van der Waals surface area contributed by atoms with Gasteiger partial charge in [-0.2, -0.15) is 0 Å². The van der Waals surface area contributed by atoms with Crippen molar-refractivity contribution in [3.8, 4) is 11.5 Å². The summed E-state index contributed by atoms with van der Waals surface area (Å²) in [6.07, 6.45) is 2.86. The lowest BCUT2D eigenvalue weighted by Gasteiger charge is -2.26. The number of ketones is 1. The molecule has 0 aromatic heterocycles. The van der Waals surface area contributed by atoms with Crippen molar-refractivity contribution < 1.29 is 33.4 Å². The maximum atomic E-state index is 13.3. The molecule has 2 heterocycles. The first kappa shape index (κ1) is 28.5. The van der Waals surface area contributed by atoms with Crippen LogP contribution >= 0.6 is 0 Å². The van der Waals surface area contributed by atoms with Gasteiger partial charge in [0.05, 0.1) is 24.4 Å². The highest BCUT2D eigenvalue weighted by molar-refractivity contribution is 6.16. The van der Waals surface area contributed by atoms with E-state index in [0.717, 1.165) is 5.56 Å². The van der Waals surface area contributed by atoms with E-state index in [0.29, 0.717) is 30.3 Å². The van der Waals surface area contributed by atoms with Gasteiger partial charge in [-0.3, -0.25) is 29.3 Å². The van der Waals surface area contributed by atoms with Crippen LogP contribution in [0.2, 0.25) is 0 Å². The smallest absolute Gasteiger partial charge is 0.244 e. The van der Waals surface area contributed by atoms with Crippen LogP contribution in [0.3, 0.4) is 0 Å². The number of amides is 4. The first-order chi connectivity index (χ1) is 19.1. The number of ether oxygens (including phenoxy) is 2. The highest BCUT2D eigenvalue weighted by Crippen LogP contribution is 2.33. The van der Waals surface area contributed by atoms with E-state index in [-0.39, 0.29) is 12.3 Å². The maximum absolute atomic E-state index is 13.3. The Morgan fingerprint density at radius 3 is 2.33 bits per heavy atom. The van der Waals surface area contributed by atoms with Crippen molar-refractivity contribution in [3.05, 3.63) is 65.7 Å². The minimum Gasteiger partial charge on any atom is -0.486 e. The van der Waals surface area contributed by atoms with E-state index in [1.54, 1.807) is 38.1 Å². The summed E-state index contributed by atoms with van der Waals surface area (Å²) in [5.74, 6) is -3.87. The highest BCUT2D eigenvalue weighted by Gasteiger charge is 2.46. The Kier molecular flexibility index (Phi) is 8.98. The Hall–Kier alpha value is -4.47. The van der Waals surface area contributed by atoms with Crippen molar-refractivity contribution in [1.82, 2.24) is 16.0 Å². The molecule has 1 fully saturated rings. The molecule has 0 aliphatic carbocycles. The first-order valence-corrected chi connectivity index (χ1v) is 13.2. The van der Waals surface area contributed by atoms with Crippen LogP contribution in [0.25, 0.3) is 6.08 Å². The molecule has 0 bridgehead atoms. The number of nitrogens with one attached hydrogen (secondary N) is 3. The SMILES string of the molecule is CC(C)[C@H](NC(=O)CC(NC(=O)C=Cc1ccccc1)c1ccc2c(c1)OCCO2)C(=O)[C@@H]1C(=O)NC(=O)[C@H]1C. The van der Waals surface area contributed by atoms with E-state index in [4.69, 9.17) is 9.47 Å². The van der Waals surface area contributed by atoms with Crippen LogP contribution in [0.5, 0.6) is 11.5 Å². The summed E-state index contributed by atoms with van der Waals surface area (Å²) in [4.78, 5) is 63.6. The van der Waals surface area contributed by atoms with Crippen LogP contribution in [-0.2, 0) is 24.0 Å². The molecule has 0 radical (unpaired) electrons. The van der Waals surface area contributed by atoms with Crippen molar-refractivity contribution >= 4 is 35.5 Å². The third-order valence-electron chi connectivity index (χ3n) is 6.94. The molecule has 2 aromatic rings. The molecule has 2 aromatic carbocycles. The number of carbonyl (C=O) groups is 5. The van der Waals surface area contributed by atoms with Gasteiger partial charge in [-0.05, 0) is 35.3 Å². The molecule has 4 atom stereocenters. The number of rotatable bonds is 10. The lowest BCUT2D eigenvalue weighted by Crippen LogP contribution is -2.49. The standard InChI is InChI=1S/C30H33N3O7/c1-17(2)27(28(36)26-18(3)29(37)33-30(26)38)32-25(35)16-21(20-10-11-22-23(15-20)40-14-13-39-22)31-24(34)12-9-19-7-5-4-6-8-19/h4-12,15,17-18,21,26-27H,13-14,16H2,1-3H3,(H,31,34)(H,32,35)(H,33,37,38)/t18-,21?,26+,27-/m0/s1. The summed E-state index contributed by atoms with van der Waals surface area (Å²) in [5, 5.41) is 7.79. The molecule has 0 spiro atoms. The van der Waals surface area contributed by atoms with Crippen LogP contribution < -0.4 is 25.4 Å². The van der Waals surface area contributed by atoms with Gasteiger partial charge in [-0.15, -0.1) is 0 Å². The van der Waals surface area contributed by atoms with Gasteiger partial charge in [-0.25, -0.2) is 0 Å². The maximum Gasteiger partial charge on any atom is 0.244 e. The Morgan fingerprint density at radius 2 is 1.68 bits per heavy atom. The lowest BCUT2D eigenvalue weighted by atomic mass is 9.85. The van der Waals surface area contributed by atoms with Gasteiger partial charge < -0.3 is 20.1 Å². The van der Waals surface area contributed by atoms with Crippen molar-refractivity contribution in [3.63, 3.8) is 0 Å². The van der Waals surface area contributed by atoms with Crippen LogP contribution in [0, 0.1) is 17.8 Å². The van der Waals surface area contributed by atoms with Gasteiger partial charge in [0, 0.05) is 6.08 Å². The second kappa shape index (κ2) is 12.6. The van der Waals surface area contributed by atoms with E-state index in [1.165, 1.54) is 13.0 Å². The largest absolute Gasteiger partial charge is 0.486 e. The number of hydrogen-bond donors (Lipinski definition) is 3. The van der Waals surface area contributed by atoms with E-state index < -0.39 is 53.3 Å². The zero-order valence-corrected chi connectivity index (χ0v) is 22.6. The van der Waals surface area contributed by atoms with Gasteiger partial charge in [0.2, 0.25) is 23.6 Å². The molecular formula is C30H33N3O7. The van der Waals surface area contributed by atoms with Crippen molar-refractivity contribution in [2.45, 2.75) is 39.3 Å². The summed E-state index contributed by atoms with van der Waals surface area (Å²) in [6.45, 7) is 5.81. The predicted octanol–water partition coefficient (Wildman–Crippen LogP) is 2.34. The molecule has 10 heteroatoms. The topological polar surface area (TPSA) is 140 Å². The van der Waals surface area contributed by atoms with Crippen molar-refractivity contribution in [1.29, 1.82) is 0 Å². The molecule has 2 aliphatic heterocycles. The van der Waals surface area contributed by atoms with Crippen LogP contribution in [0.15, 0.2) is 54.6 Å². The Bertz CT molecular complexity index is 1320. The fourth-order valence-corrected chi connectivity index (χ4v) is 4.73. The second-order valence-electron chi connectivity index (χ2n) is 10.2. The molecule has 210 valence electrons. The molecule has 10 nitrogen and oxygen atoms in total. The van der Waals surface area contributed by atoms with Crippen LogP contribution in [0.1, 0.15) is 44.4 Å². The Labute approximate surface area is 232 Å². The summed E-state index contributed by atoms with van der Waals surface area (Å²) in [6, 6.07) is 12.7. The zero-order valence-electron chi connectivity index (χ0n) is 22.6. The molecule has 40 heavy (non-hydrogen) atoms. The average Bonchev–Trinajstić information content (AvgIpc) is 3.20. The van der Waals surface area contributed by atoms with E-state index in [1.807, 2.05) is 30.3 Å². The second-order valence-corrected chi connectivity index (χ2v) is 10.2. The van der Waals surface area contributed by atoms with E-state index in [2.05, 4.69) is 16.0 Å². The third-order valence-corrected chi connectivity index (χ3v) is 6.94. The van der Waals surface area contributed by atoms with E-state index in [9.17, 15) is 24.0 Å². The molecule has 1 unspecified atom stereocenters. The molecular weight excluding hydrogens is 514 g/mol. The van der Waals surface area contributed by atoms with Gasteiger partial charge in [-0.1, -0.05) is 57.2 Å². The monoisotopic (exact) mass is 547 g/mol. The highest BCUT2D eigenvalue weighted by atomic mass is 16.6. The first-order valence-electron chi connectivity index (χ1n) is 13.2. The van der Waals surface area contributed by atoms with Crippen molar-refractivity contribution in [2.24, 2.45) is 17.8 Å². The number of hydrogen-bond acceptors (Lipinski definition) is 7. The molecule has 4 rings (SSSR count). The summed E-state index contributed by atoms with van der Waals surface area (Å²) in [7, 11) is 0. The number of Topliss-reactive ketones (excluding diaryl/α,β-unsaturated/α-hetero) is 1. The molecule has 3 N–H and O–H groups in total. The molecule has 2 aliphatic rings. The Morgan fingerprint density at radius 1 is 0.975 bits per heavy atom. The van der Waals surface area contributed by atoms with Crippen LogP contribution in [0.4, 0.5) is 0 Å². The number of fused-ring (bicyclic) bond motifs is 1. The summed E-state index contributed by atoms with van der Waals surface area (Å²) < 4.78 is 11.3. The molecule has 1 saturated heterocycles. The number of benzene rings is 2. The minimum absolute atomic E-state index is 0.188. The molecule has 0 saturated carbocycles. The summed E-state index contributed by atoms with van der Waals surface area (Å²) >= 11 is 0. The normalized spacial score (nSPS) is 19.7. The van der Waals surface area contributed by atoms with Gasteiger partial charge in [0.25, 0.3) is 0 Å². The lowest BCUT2D eigenvalue weighted by molar-refractivity contribution is -0.137. The fourth-order valence-electron chi connectivity index (χ4n) is 4.73. The quantitative estimate of drug-likeness (QED) is 0.236. The average molecular weight is 548 g/mol. The van der Waals surface area contributed by atoms with Gasteiger partial charge in [0.1, 0.15) is 19.1 Å². The van der Waals surface area contributed by atoms with Gasteiger partial charge >= 0.3 is 0 Å². The third kappa shape index (κ3) is 6.74. The molecule has 4 amide bonds. The predicted molar refractivity (Wildman–Crippen MR) is 146 cm³/mol. The van der Waals surface area contributed by atoms with Crippen LogP contribution in [-0.4, -0.2) is 48.7 Å².